The minimum absolute atomic E-state index is 0.0452. The molecule has 1 unspecified atom stereocenters. The molecule has 2 rings (SSSR count). The highest BCUT2D eigenvalue weighted by atomic mass is 35.5. The summed E-state index contributed by atoms with van der Waals surface area (Å²) < 4.78 is 5.12. The molecule has 2 amide bonds. The zero-order valence-corrected chi connectivity index (χ0v) is 15.1. The zero-order chi connectivity index (χ0) is 19.1. The molecule has 0 aliphatic rings. The lowest BCUT2D eigenvalue weighted by Crippen LogP contribution is -2.29. The number of amides is 2. The van der Waals surface area contributed by atoms with E-state index >= 15 is 0 Å². The molecular formula is C19H18ClN3O3. The Kier molecular flexibility index (Phi) is 6.59. The average Bonchev–Trinajstić information content (AvgIpc) is 2.61. The molecule has 1 atom stereocenters. The highest BCUT2D eigenvalue weighted by molar-refractivity contribution is 6.32. The second-order valence-electron chi connectivity index (χ2n) is 5.58. The molecule has 0 spiro atoms. The monoisotopic (exact) mass is 371 g/mol. The van der Waals surface area contributed by atoms with Crippen molar-refractivity contribution < 1.29 is 14.3 Å². The van der Waals surface area contributed by atoms with Crippen molar-refractivity contribution in [1.82, 2.24) is 5.32 Å². The molecule has 0 aromatic heterocycles. The summed E-state index contributed by atoms with van der Waals surface area (Å²) in [6.45, 7) is 1.40. The maximum atomic E-state index is 12.4. The predicted molar refractivity (Wildman–Crippen MR) is 99.0 cm³/mol. The number of halogens is 1. The molecule has 0 radical (unpaired) electrons. The van der Waals surface area contributed by atoms with Gasteiger partial charge in [0.15, 0.2) is 0 Å². The second kappa shape index (κ2) is 8.88. The summed E-state index contributed by atoms with van der Waals surface area (Å²) in [5, 5.41) is 14.6. The fourth-order valence-electron chi connectivity index (χ4n) is 2.41. The van der Waals surface area contributed by atoms with Gasteiger partial charge < -0.3 is 15.4 Å². The lowest BCUT2D eigenvalue weighted by atomic mass is 10.0. The van der Waals surface area contributed by atoms with Crippen LogP contribution in [0.3, 0.4) is 0 Å². The van der Waals surface area contributed by atoms with Crippen LogP contribution in [0, 0.1) is 11.3 Å². The Bertz CT molecular complexity index is 844. The molecule has 0 fully saturated rings. The van der Waals surface area contributed by atoms with Crippen LogP contribution >= 0.6 is 11.6 Å². The van der Waals surface area contributed by atoms with Gasteiger partial charge in [0.1, 0.15) is 11.8 Å². The predicted octanol–water partition coefficient (Wildman–Crippen LogP) is 3.43. The van der Waals surface area contributed by atoms with E-state index in [4.69, 9.17) is 21.6 Å². The molecule has 2 aromatic rings. The molecular weight excluding hydrogens is 354 g/mol. The molecule has 134 valence electrons. The lowest BCUT2D eigenvalue weighted by molar-refractivity contribution is -0.120. The Morgan fingerprint density at radius 1 is 1.23 bits per heavy atom. The second-order valence-corrected chi connectivity index (χ2v) is 5.99. The molecule has 2 aromatic carbocycles. The Hall–Kier alpha value is -3.04. The van der Waals surface area contributed by atoms with Crippen LogP contribution in [0.25, 0.3) is 0 Å². The highest BCUT2D eigenvalue weighted by Gasteiger charge is 2.17. The third-order valence-electron chi connectivity index (χ3n) is 3.66. The van der Waals surface area contributed by atoms with Crippen LogP contribution in [-0.4, -0.2) is 18.9 Å². The first-order valence-electron chi connectivity index (χ1n) is 7.83. The number of anilines is 1. The van der Waals surface area contributed by atoms with E-state index in [1.54, 1.807) is 37.4 Å². The molecule has 0 heterocycles. The van der Waals surface area contributed by atoms with Gasteiger partial charge in [0.05, 0.1) is 30.2 Å². The normalized spacial score (nSPS) is 11.2. The quantitative estimate of drug-likeness (QED) is 0.813. The van der Waals surface area contributed by atoms with Gasteiger partial charge in [-0.25, -0.2) is 0 Å². The summed E-state index contributed by atoms with van der Waals surface area (Å²) >= 11 is 5.97. The van der Waals surface area contributed by atoms with Crippen LogP contribution in [-0.2, 0) is 9.59 Å². The van der Waals surface area contributed by atoms with Gasteiger partial charge in [-0.15, -0.1) is 0 Å². The van der Waals surface area contributed by atoms with Gasteiger partial charge in [0, 0.05) is 12.6 Å². The number of nitrogens with zero attached hydrogens (tertiary/aromatic N) is 1. The van der Waals surface area contributed by atoms with Crippen LogP contribution in [0.15, 0.2) is 42.5 Å². The van der Waals surface area contributed by atoms with E-state index < -0.39 is 6.04 Å². The molecule has 0 saturated carbocycles. The summed E-state index contributed by atoms with van der Waals surface area (Å²) in [6.07, 6.45) is 0.0452. The van der Waals surface area contributed by atoms with Crippen molar-refractivity contribution in [2.75, 3.05) is 12.4 Å². The summed E-state index contributed by atoms with van der Waals surface area (Å²) in [7, 11) is 1.57. The third-order valence-corrected chi connectivity index (χ3v) is 3.97. The van der Waals surface area contributed by atoms with E-state index in [2.05, 4.69) is 10.6 Å². The van der Waals surface area contributed by atoms with E-state index in [-0.39, 0.29) is 23.3 Å². The Balaban J connectivity index is 2.11. The Labute approximate surface area is 156 Å². The lowest BCUT2D eigenvalue weighted by Gasteiger charge is -2.18. The third kappa shape index (κ3) is 5.23. The van der Waals surface area contributed by atoms with Gasteiger partial charge in [-0.05, 0) is 35.9 Å². The van der Waals surface area contributed by atoms with Gasteiger partial charge >= 0.3 is 0 Å². The smallest absolute Gasteiger partial charge is 0.226 e. The van der Waals surface area contributed by atoms with Crippen LogP contribution in [0.5, 0.6) is 5.75 Å². The molecule has 0 aliphatic heterocycles. The summed E-state index contributed by atoms with van der Waals surface area (Å²) in [4.78, 5) is 23.9. The van der Waals surface area contributed by atoms with Crippen molar-refractivity contribution in [1.29, 1.82) is 5.26 Å². The fourth-order valence-corrected chi connectivity index (χ4v) is 2.64. The van der Waals surface area contributed by atoms with E-state index in [1.807, 2.05) is 6.07 Å². The van der Waals surface area contributed by atoms with Crippen LogP contribution in [0.1, 0.15) is 30.5 Å². The summed E-state index contributed by atoms with van der Waals surface area (Å²) in [6, 6.07) is 13.3. The van der Waals surface area contributed by atoms with Crippen molar-refractivity contribution in [2.24, 2.45) is 0 Å². The topological polar surface area (TPSA) is 91.2 Å². The number of carbonyl (C=O) groups excluding carboxylic acids is 2. The first-order chi connectivity index (χ1) is 12.4. The van der Waals surface area contributed by atoms with E-state index in [9.17, 15) is 9.59 Å². The van der Waals surface area contributed by atoms with Crippen LogP contribution in [0.2, 0.25) is 5.02 Å². The van der Waals surface area contributed by atoms with Gasteiger partial charge in [0.2, 0.25) is 11.8 Å². The molecule has 26 heavy (non-hydrogen) atoms. The first-order valence-corrected chi connectivity index (χ1v) is 8.21. The van der Waals surface area contributed by atoms with Crippen molar-refractivity contribution in [2.45, 2.75) is 19.4 Å². The molecule has 6 nitrogen and oxygen atoms in total. The molecule has 0 saturated heterocycles. The molecule has 0 bridgehead atoms. The Morgan fingerprint density at radius 3 is 2.46 bits per heavy atom. The summed E-state index contributed by atoms with van der Waals surface area (Å²) in [5.74, 6) is 0.160. The number of ether oxygens (including phenoxy) is 1. The van der Waals surface area contributed by atoms with Crippen molar-refractivity contribution in [3.8, 4) is 11.8 Å². The van der Waals surface area contributed by atoms with E-state index in [1.165, 1.54) is 19.1 Å². The maximum Gasteiger partial charge on any atom is 0.226 e. The number of rotatable bonds is 6. The fraction of sp³-hybridized carbons (Fsp3) is 0.211. The largest absolute Gasteiger partial charge is 0.497 e. The minimum atomic E-state index is -0.479. The van der Waals surface area contributed by atoms with E-state index in [0.29, 0.717) is 17.0 Å². The molecule has 7 heteroatoms. The Morgan fingerprint density at radius 2 is 1.92 bits per heavy atom. The molecule has 2 N–H and O–H groups in total. The van der Waals surface area contributed by atoms with E-state index in [0.717, 1.165) is 5.56 Å². The first kappa shape index (κ1) is 19.3. The highest BCUT2D eigenvalue weighted by Crippen LogP contribution is 2.23. The maximum absolute atomic E-state index is 12.4. The van der Waals surface area contributed by atoms with Crippen molar-refractivity contribution >= 4 is 29.1 Å². The number of nitriles is 1. The SMILES string of the molecule is COc1ccc(C(CC(=O)Nc2ccc(C#N)c(Cl)c2)NC(C)=O)cc1. The van der Waals surface area contributed by atoms with Crippen molar-refractivity contribution in [3.63, 3.8) is 0 Å². The number of hydrogen-bond acceptors (Lipinski definition) is 4. The van der Waals surface area contributed by atoms with Gasteiger partial charge in [-0.3, -0.25) is 9.59 Å². The van der Waals surface area contributed by atoms with Gasteiger partial charge in [-0.2, -0.15) is 5.26 Å². The van der Waals surface area contributed by atoms with Crippen LogP contribution in [0.4, 0.5) is 5.69 Å². The zero-order valence-electron chi connectivity index (χ0n) is 14.4. The number of hydrogen-bond donors (Lipinski definition) is 2. The number of methoxy groups -OCH3 is 1. The number of carbonyl (C=O) groups is 2. The van der Waals surface area contributed by atoms with Crippen LogP contribution < -0.4 is 15.4 Å². The van der Waals surface area contributed by atoms with Gasteiger partial charge in [0.25, 0.3) is 0 Å². The number of benzene rings is 2. The minimum Gasteiger partial charge on any atom is -0.497 e. The number of nitrogens with one attached hydrogen (secondary N) is 2. The average molecular weight is 372 g/mol. The molecule has 0 aliphatic carbocycles. The van der Waals surface area contributed by atoms with Gasteiger partial charge in [-0.1, -0.05) is 23.7 Å². The summed E-state index contributed by atoms with van der Waals surface area (Å²) in [5.41, 5.74) is 1.60. The van der Waals surface area contributed by atoms with Crippen molar-refractivity contribution in [3.05, 3.63) is 58.6 Å². The standard InChI is InChI=1S/C19H18ClN3O3/c1-12(24)22-18(13-4-7-16(26-2)8-5-13)10-19(25)23-15-6-3-14(11-21)17(20)9-15/h3-9,18H,10H2,1-2H3,(H,22,24)(H,23,25).